The maximum absolute atomic E-state index is 11.7. The third-order valence-corrected chi connectivity index (χ3v) is 13.0. The quantitative estimate of drug-likeness (QED) is 0.0307. The number of aromatic nitrogens is 12. The maximum atomic E-state index is 11.7. The van der Waals surface area contributed by atoms with E-state index in [2.05, 4.69) is 80.0 Å². The molecule has 454 valence electrons. The number of nitrogens with one attached hydrogen (secondary N) is 1. The van der Waals surface area contributed by atoms with Gasteiger partial charge < -0.3 is 103 Å². The van der Waals surface area contributed by atoms with Crippen molar-refractivity contribution in [1.29, 1.82) is 0 Å². The van der Waals surface area contributed by atoms with Gasteiger partial charge in [-0.3, -0.25) is 28.0 Å². The number of hydrogen-bond donors (Lipinski definition) is 17. The first kappa shape index (κ1) is 63.0. The van der Waals surface area contributed by atoms with Gasteiger partial charge in [-0.1, -0.05) is 20.5 Å². The first-order valence-corrected chi connectivity index (χ1v) is 23.6. The van der Waals surface area contributed by atoms with E-state index in [1.165, 1.54) is 41.7 Å². The average molecular weight is 1200 g/mol. The zero-order chi connectivity index (χ0) is 62.5. The second-order valence-electron chi connectivity index (χ2n) is 18.0. The van der Waals surface area contributed by atoms with Gasteiger partial charge in [-0.25, -0.2) is 29.5 Å². The van der Waals surface area contributed by atoms with Crippen molar-refractivity contribution in [3.05, 3.63) is 117 Å². The van der Waals surface area contributed by atoms with Crippen molar-refractivity contribution in [2.24, 2.45) is 20.5 Å². The Morgan fingerprint density at radius 2 is 0.847 bits per heavy atom. The number of aliphatic hydroxyl groups excluding tert-OH is 12. The molecule has 0 unspecified atom stereocenters. The molecule has 10 rings (SSSR count). The first-order valence-electron chi connectivity index (χ1n) is 23.6. The zero-order valence-electron chi connectivity index (χ0n) is 42.6. The van der Waals surface area contributed by atoms with E-state index in [0.717, 1.165) is 20.0 Å². The smallest absolute Gasteiger partial charge is 0.351 e. The number of nitrogens with two attached hydrogens (primary N) is 4. The lowest BCUT2D eigenvalue weighted by molar-refractivity contribution is -0.125. The largest absolute Gasteiger partial charge is 0.393 e. The summed E-state index contributed by atoms with van der Waals surface area (Å²) >= 11 is 0. The van der Waals surface area contributed by atoms with Crippen LogP contribution in [0.3, 0.4) is 0 Å². The van der Waals surface area contributed by atoms with Crippen LogP contribution >= 0.6 is 0 Å². The molecule has 16 atom stereocenters. The Kier molecular flexibility index (Phi) is 18.6. The van der Waals surface area contributed by atoms with E-state index >= 15 is 0 Å². The number of imidazole rings is 2. The van der Waals surface area contributed by atoms with Gasteiger partial charge in [-0.2, -0.15) is 15.0 Å². The third kappa shape index (κ3) is 11.5. The molecule has 4 aliphatic rings. The number of nitrogens with zero attached hydrogens (tertiary/aromatic N) is 23. The number of rotatable bonds is 12. The van der Waals surface area contributed by atoms with Crippen molar-refractivity contribution in [3.63, 3.8) is 0 Å². The number of azide groups is 4. The minimum atomic E-state index is -2.07. The Labute approximate surface area is 466 Å². The molecule has 0 radical (unpaired) electrons. The molecular formula is C38H48N28O19. The number of aliphatic hydroxyl groups is 12. The number of anilines is 4. The predicted octanol–water partition coefficient (Wildman–Crippen LogP) is -7.24. The number of nitrogen functional groups attached to an aromatic ring is 4. The summed E-state index contributed by atoms with van der Waals surface area (Å²) < 4.78 is 25.3. The highest BCUT2D eigenvalue weighted by atomic mass is 16.6. The van der Waals surface area contributed by atoms with Crippen LogP contribution in [0.25, 0.3) is 64.1 Å². The van der Waals surface area contributed by atoms with E-state index < -0.39 is 140 Å². The summed E-state index contributed by atoms with van der Waals surface area (Å²) in [4.78, 5) is 73.7. The van der Waals surface area contributed by atoms with Crippen LogP contribution in [0.5, 0.6) is 0 Å². The lowest BCUT2D eigenvalue weighted by Gasteiger charge is -2.23. The standard InChI is InChI=1S/C10H12N8O5.C10H12N8O4.2C9H12N6O5/c11-9-14-6-3(7(22)15-9)13-2-18(6)8-4(20)5(21)10(1-19,23-8)16-17-12;11-7-4-8(14-2-13-7)18(3-15-4)9-5(20)6(21)10(1-19,22-9)16-17-12;2*10-4-1-2-15(8(19)12-4)7-5(17)6(18)9(3-16,20-7)13-14-11/h2,4-5,8,19-21H,1H2,(H3,11,14,15,22);2-3,5-6,9,19-21H,1H2,(H2,11,13,14);2*1-2,5-7,16-18H,3H2,(H2,10,12,19)/t4-,5+,8-,10-;5-,6+,9-,10-;5-,6+,7-,9-;5-,6-,7+,9+/m1110/s1. The minimum Gasteiger partial charge on any atom is -0.393 e. The van der Waals surface area contributed by atoms with Gasteiger partial charge in [0.05, 0.1) is 39.1 Å². The van der Waals surface area contributed by atoms with Gasteiger partial charge in [-0.05, 0) is 34.3 Å². The van der Waals surface area contributed by atoms with Crippen LogP contribution in [0.4, 0.5) is 23.4 Å². The fourth-order valence-electron chi connectivity index (χ4n) is 8.68. The molecule has 4 fully saturated rings. The van der Waals surface area contributed by atoms with Gasteiger partial charge in [0.1, 0.15) is 72.3 Å². The van der Waals surface area contributed by atoms with E-state index in [4.69, 9.17) is 64.0 Å². The molecule has 10 heterocycles. The lowest BCUT2D eigenvalue weighted by atomic mass is 10.1. The molecular weight excluding hydrogens is 1150 g/mol. The second-order valence-corrected chi connectivity index (χ2v) is 18.0. The Morgan fingerprint density at radius 3 is 1.19 bits per heavy atom. The lowest BCUT2D eigenvalue weighted by Crippen LogP contribution is -2.44. The number of aromatic amines is 1. The summed E-state index contributed by atoms with van der Waals surface area (Å²) in [6, 6.07) is 2.58. The number of hydrogen-bond acceptors (Lipinski definition) is 34. The van der Waals surface area contributed by atoms with Gasteiger partial charge in [0, 0.05) is 32.0 Å². The number of H-pyrrole nitrogens is 1. The van der Waals surface area contributed by atoms with Crippen molar-refractivity contribution in [1.82, 2.24) is 58.1 Å². The molecule has 47 heteroatoms. The molecule has 4 saturated heterocycles. The molecule has 85 heavy (non-hydrogen) atoms. The van der Waals surface area contributed by atoms with Crippen LogP contribution in [0, 0.1) is 0 Å². The fourth-order valence-corrected chi connectivity index (χ4v) is 8.68. The van der Waals surface area contributed by atoms with Gasteiger partial charge in [0.25, 0.3) is 5.56 Å². The Morgan fingerprint density at radius 1 is 0.506 bits per heavy atom. The molecule has 6 aromatic heterocycles. The molecule has 0 spiro atoms. The van der Waals surface area contributed by atoms with Gasteiger partial charge >= 0.3 is 11.4 Å². The Balaban J connectivity index is 0.000000163. The van der Waals surface area contributed by atoms with Gasteiger partial charge in [0.2, 0.25) is 28.8 Å². The molecule has 47 nitrogen and oxygen atoms in total. The highest BCUT2D eigenvalue weighted by Crippen LogP contribution is 2.42. The topological polar surface area (TPSA) is 756 Å². The molecule has 6 aromatic rings. The molecule has 21 N–H and O–H groups in total. The Bertz CT molecular complexity index is 3700. The van der Waals surface area contributed by atoms with Crippen molar-refractivity contribution in [2.75, 3.05) is 49.4 Å². The molecule has 0 aromatic carbocycles. The van der Waals surface area contributed by atoms with Crippen LogP contribution in [-0.4, -0.2) is 218 Å². The van der Waals surface area contributed by atoms with E-state index in [1.54, 1.807) is 0 Å². The number of ether oxygens (including phenoxy) is 4. The summed E-state index contributed by atoms with van der Waals surface area (Å²) in [5.41, 5.74) is 45.9. The van der Waals surface area contributed by atoms with Crippen LogP contribution in [0.2, 0.25) is 0 Å². The van der Waals surface area contributed by atoms with Crippen molar-refractivity contribution in [3.8, 4) is 0 Å². The zero-order valence-corrected chi connectivity index (χ0v) is 42.6. The number of fused-ring (bicyclic) bond motifs is 2. The summed E-state index contributed by atoms with van der Waals surface area (Å²) in [6.07, 6.45) is -12.2. The maximum Gasteiger partial charge on any atom is 0.351 e. The van der Waals surface area contributed by atoms with Crippen LogP contribution in [-0.2, 0) is 18.9 Å². The minimum absolute atomic E-state index is 0.00261. The van der Waals surface area contributed by atoms with E-state index in [0.29, 0.717) is 0 Å². The van der Waals surface area contributed by atoms with Crippen LogP contribution in [0.15, 0.2) is 78.3 Å². The first-order chi connectivity index (χ1) is 40.4. The highest BCUT2D eigenvalue weighted by molar-refractivity contribution is 5.81. The molecule has 0 bridgehead atoms. The average Bonchev–Trinajstić information content (AvgIpc) is 2.01. The van der Waals surface area contributed by atoms with Crippen LogP contribution < -0.4 is 39.9 Å². The summed E-state index contributed by atoms with van der Waals surface area (Å²) in [6.45, 7) is -3.42. The van der Waals surface area contributed by atoms with Crippen molar-refractivity contribution in [2.45, 2.75) is 96.6 Å². The normalized spacial score (nSPS) is 31.8. The van der Waals surface area contributed by atoms with E-state index in [9.17, 15) is 75.7 Å². The predicted molar refractivity (Wildman–Crippen MR) is 273 cm³/mol. The SMILES string of the molecule is [N-]=[N+]=N[C@]1(CO)O[C@@H](n2ccc(N)nc2=O)[C@@H](O)[C@@H]1O.[N-]=[N+]=N[C@]1(CO)O[C@@H](n2ccc(N)nc2=O)[C@H](O)[C@@H]1O.[N-]=[N+]=N[C@]1(CO)O[C@@H](n2cnc3c(=O)[nH]c(N)nc32)[C@H](O)[C@@H]1O.[N-]=[N+]=N[C@]1(CO)O[C@@H](n2cnc3c(N)ncnc32)[C@H](O)[C@@H]1O. The second kappa shape index (κ2) is 25.1. The monoisotopic (exact) mass is 1200 g/mol. The van der Waals surface area contributed by atoms with E-state index in [-0.39, 0.29) is 45.7 Å². The van der Waals surface area contributed by atoms with Crippen molar-refractivity contribution < 1.29 is 80.2 Å². The Hall–Kier alpha value is -9.54. The van der Waals surface area contributed by atoms with Gasteiger partial charge in [-0.15, -0.1) is 0 Å². The molecule has 0 aliphatic carbocycles. The molecule has 0 amide bonds. The molecule has 4 aliphatic heterocycles. The summed E-state index contributed by atoms with van der Waals surface area (Å²) in [5, 5.41) is 130. The third-order valence-electron chi connectivity index (χ3n) is 13.0. The molecule has 0 saturated carbocycles. The fraction of sp³-hybridized carbons (Fsp3) is 0.526. The van der Waals surface area contributed by atoms with Crippen molar-refractivity contribution >= 4 is 45.7 Å². The highest BCUT2D eigenvalue weighted by Gasteiger charge is 2.58. The van der Waals surface area contributed by atoms with E-state index in [1.807, 2.05) is 0 Å². The van der Waals surface area contributed by atoms with Gasteiger partial charge in [0.15, 0.2) is 47.5 Å². The van der Waals surface area contributed by atoms with Crippen LogP contribution in [0.1, 0.15) is 24.9 Å². The summed E-state index contributed by atoms with van der Waals surface area (Å²) in [7, 11) is 0. The summed E-state index contributed by atoms with van der Waals surface area (Å²) in [5.74, 6) is -0.0912.